The van der Waals surface area contributed by atoms with Crippen molar-refractivity contribution >= 4 is 35.5 Å². The van der Waals surface area contributed by atoms with Gasteiger partial charge in [-0.05, 0) is 37.7 Å². The topological polar surface area (TPSA) is 141 Å². The van der Waals surface area contributed by atoms with Gasteiger partial charge in [0.05, 0.1) is 25.6 Å². The molecule has 1 unspecified atom stereocenters. The van der Waals surface area contributed by atoms with Crippen molar-refractivity contribution in [1.29, 1.82) is 0 Å². The SMILES string of the molecule is C=C(C)[C@@H]1CC=C(COP([O-])(=S)OC[C@H]2O[C@@H](n3cnc4c(N)ncnc43)C[C@@H]2O)CC1. The fourth-order valence-electron chi connectivity index (χ4n) is 3.95. The number of nitrogens with two attached hydrogens (primary N) is 1. The Morgan fingerprint density at radius 2 is 2.25 bits per heavy atom. The van der Waals surface area contributed by atoms with E-state index in [1.165, 1.54) is 18.2 Å². The molecule has 1 fully saturated rings. The molecule has 2 aliphatic rings. The van der Waals surface area contributed by atoms with Crippen LogP contribution >= 0.6 is 6.72 Å². The smallest absolute Gasteiger partial charge is 0.167 e. The van der Waals surface area contributed by atoms with Crippen LogP contribution in [0.1, 0.15) is 38.8 Å². The predicted octanol–water partition coefficient (Wildman–Crippen LogP) is 1.98. The quantitative estimate of drug-likeness (QED) is 0.426. The van der Waals surface area contributed by atoms with Crippen molar-refractivity contribution in [2.24, 2.45) is 5.92 Å². The molecule has 0 aromatic carbocycles. The highest BCUT2D eigenvalue weighted by Crippen LogP contribution is 2.42. The number of nitrogen functional groups attached to an aromatic ring is 1. The summed E-state index contributed by atoms with van der Waals surface area (Å²) in [6.45, 7) is 2.34. The van der Waals surface area contributed by atoms with Crippen LogP contribution in [-0.4, -0.2) is 50.0 Å². The van der Waals surface area contributed by atoms with Gasteiger partial charge in [-0.15, -0.1) is 0 Å². The Labute approximate surface area is 191 Å². The first kappa shape index (κ1) is 23.4. The third kappa shape index (κ3) is 5.26. The van der Waals surface area contributed by atoms with Gasteiger partial charge < -0.3 is 29.5 Å². The number of rotatable bonds is 8. The molecule has 0 radical (unpaired) electrons. The Kier molecular flexibility index (Phi) is 7.06. The van der Waals surface area contributed by atoms with Gasteiger partial charge in [-0.1, -0.05) is 30.0 Å². The van der Waals surface area contributed by atoms with E-state index in [1.807, 2.05) is 6.92 Å². The molecule has 2 aromatic rings. The number of aromatic nitrogens is 4. The first-order valence-electron chi connectivity index (χ1n) is 10.4. The summed E-state index contributed by atoms with van der Waals surface area (Å²) < 4.78 is 18.3. The third-order valence-electron chi connectivity index (χ3n) is 5.91. The molecule has 2 aromatic heterocycles. The number of allylic oxidation sites excluding steroid dienone is 2. The molecule has 0 amide bonds. The Bertz CT molecular complexity index is 1080. The minimum Gasteiger partial charge on any atom is -0.780 e. The molecule has 1 saturated heterocycles. The molecule has 3 heterocycles. The number of anilines is 1. The van der Waals surface area contributed by atoms with Gasteiger partial charge in [0.25, 0.3) is 0 Å². The maximum atomic E-state index is 12.6. The molecule has 10 nitrogen and oxygen atoms in total. The number of imidazole rings is 1. The number of fused-ring (bicyclic) bond motifs is 1. The van der Waals surface area contributed by atoms with E-state index >= 15 is 0 Å². The van der Waals surface area contributed by atoms with Crippen LogP contribution < -0.4 is 10.6 Å². The Hall–Kier alpha value is -1.72. The van der Waals surface area contributed by atoms with Gasteiger partial charge in [-0.3, -0.25) is 4.57 Å². The molecule has 4 rings (SSSR count). The van der Waals surface area contributed by atoms with E-state index in [4.69, 9.17) is 31.3 Å². The molecule has 5 atom stereocenters. The van der Waals surface area contributed by atoms with Gasteiger partial charge in [-0.25, -0.2) is 15.0 Å². The number of hydrogen-bond donors (Lipinski definition) is 2. The summed E-state index contributed by atoms with van der Waals surface area (Å²) in [6.07, 6.45) is 5.91. The van der Waals surface area contributed by atoms with Crippen molar-refractivity contribution in [2.75, 3.05) is 18.9 Å². The van der Waals surface area contributed by atoms with Gasteiger partial charge >= 0.3 is 0 Å². The highest BCUT2D eigenvalue weighted by Gasteiger charge is 2.36. The van der Waals surface area contributed by atoms with Crippen LogP contribution in [0, 0.1) is 5.92 Å². The van der Waals surface area contributed by atoms with Gasteiger partial charge in [0, 0.05) is 6.42 Å². The van der Waals surface area contributed by atoms with Crippen LogP contribution in [0.5, 0.6) is 0 Å². The van der Waals surface area contributed by atoms with Crippen LogP contribution in [-0.2, 0) is 25.6 Å². The maximum absolute atomic E-state index is 12.6. The molecule has 0 spiro atoms. The van der Waals surface area contributed by atoms with Crippen molar-refractivity contribution in [3.8, 4) is 0 Å². The van der Waals surface area contributed by atoms with Gasteiger partial charge in [0.15, 0.2) is 11.5 Å². The van der Waals surface area contributed by atoms with Gasteiger partial charge in [0.1, 0.15) is 30.9 Å². The van der Waals surface area contributed by atoms with E-state index < -0.39 is 25.2 Å². The number of ether oxygens (including phenoxy) is 1. The lowest BCUT2D eigenvalue weighted by Gasteiger charge is -2.30. The lowest BCUT2D eigenvalue weighted by molar-refractivity contribution is -0.209. The minimum atomic E-state index is -3.72. The van der Waals surface area contributed by atoms with Crippen LogP contribution in [0.15, 0.2) is 36.5 Å². The van der Waals surface area contributed by atoms with E-state index in [2.05, 4.69) is 27.6 Å². The van der Waals surface area contributed by atoms with E-state index in [-0.39, 0.29) is 25.5 Å². The normalized spacial score (nSPS) is 27.9. The van der Waals surface area contributed by atoms with Crippen LogP contribution in [0.3, 0.4) is 0 Å². The summed E-state index contributed by atoms with van der Waals surface area (Å²) in [5.41, 5.74) is 9.01. The second-order valence-electron chi connectivity index (χ2n) is 8.21. The summed E-state index contributed by atoms with van der Waals surface area (Å²) in [5, 5.41) is 10.4. The van der Waals surface area contributed by atoms with Crippen LogP contribution in [0.2, 0.25) is 0 Å². The Morgan fingerprint density at radius 1 is 1.44 bits per heavy atom. The molecule has 12 heteroatoms. The van der Waals surface area contributed by atoms with E-state index in [0.29, 0.717) is 17.1 Å². The van der Waals surface area contributed by atoms with E-state index in [0.717, 1.165) is 24.8 Å². The largest absolute Gasteiger partial charge is 0.780 e. The number of hydrogen-bond acceptors (Lipinski definition) is 10. The summed E-state index contributed by atoms with van der Waals surface area (Å²) in [6, 6.07) is 0. The van der Waals surface area contributed by atoms with Gasteiger partial charge in [-0.2, -0.15) is 0 Å². The molecular formula is C20H27N5O5PS-. The zero-order chi connectivity index (χ0) is 22.9. The lowest BCUT2D eigenvalue weighted by atomic mass is 9.86. The summed E-state index contributed by atoms with van der Waals surface area (Å²) in [5.74, 6) is 0.745. The van der Waals surface area contributed by atoms with E-state index in [9.17, 15) is 10.00 Å². The van der Waals surface area contributed by atoms with E-state index in [1.54, 1.807) is 4.57 Å². The molecule has 1 aliphatic carbocycles. The zero-order valence-corrected chi connectivity index (χ0v) is 19.5. The van der Waals surface area contributed by atoms with Crippen LogP contribution in [0.4, 0.5) is 5.82 Å². The van der Waals surface area contributed by atoms with Gasteiger partial charge in [0.2, 0.25) is 0 Å². The molecule has 0 bridgehead atoms. The monoisotopic (exact) mass is 480 g/mol. The second kappa shape index (κ2) is 9.64. The average molecular weight is 481 g/mol. The number of aliphatic hydroxyl groups excluding tert-OH is 1. The third-order valence-corrected chi connectivity index (χ3v) is 7.45. The summed E-state index contributed by atoms with van der Waals surface area (Å²) >= 11 is 5.02. The minimum absolute atomic E-state index is 0.154. The standard InChI is InChI=1S/C20H28N5O5PS/c1-12(2)14-5-3-13(4-6-14)8-28-31(27,32)29-9-16-15(26)7-17(30-16)25-11-24-18-19(21)22-10-23-20(18)25/h3,10-11,14-17,26H,1,4-9H2,2H3,(H,27,32)(H2,21,22,23)/p-1/t14-,15+,16-,17-,31?/m1/s1. The molecule has 32 heavy (non-hydrogen) atoms. The van der Waals surface area contributed by atoms with Crippen LogP contribution in [0.25, 0.3) is 11.2 Å². The molecular weight excluding hydrogens is 453 g/mol. The second-order valence-corrected chi connectivity index (χ2v) is 11.0. The van der Waals surface area contributed by atoms with Crippen molar-refractivity contribution < 1.29 is 23.8 Å². The molecule has 174 valence electrons. The molecule has 3 N–H and O–H groups in total. The number of aliphatic hydroxyl groups is 1. The van der Waals surface area contributed by atoms with Crippen molar-refractivity contribution in [3.63, 3.8) is 0 Å². The zero-order valence-electron chi connectivity index (χ0n) is 17.8. The average Bonchev–Trinajstić information content (AvgIpc) is 3.35. The van der Waals surface area contributed by atoms with Crippen molar-refractivity contribution in [2.45, 2.75) is 51.0 Å². The lowest BCUT2D eigenvalue weighted by Crippen LogP contribution is -2.27. The molecule has 1 aliphatic heterocycles. The summed E-state index contributed by atoms with van der Waals surface area (Å²) in [7, 11) is 0. The first-order valence-corrected chi connectivity index (χ1v) is 13.0. The summed E-state index contributed by atoms with van der Waals surface area (Å²) in [4.78, 5) is 24.9. The van der Waals surface area contributed by atoms with Crippen molar-refractivity contribution in [1.82, 2.24) is 19.5 Å². The fraction of sp³-hybridized carbons (Fsp3) is 0.550. The first-order chi connectivity index (χ1) is 15.2. The fourth-order valence-corrected chi connectivity index (χ4v) is 5.02. The molecule has 0 saturated carbocycles. The maximum Gasteiger partial charge on any atom is 0.167 e. The Morgan fingerprint density at radius 3 is 2.97 bits per heavy atom. The highest BCUT2D eigenvalue weighted by atomic mass is 32.5. The van der Waals surface area contributed by atoms with Crippen molar-refractivity contribution in [3.05, 3.63) is 36.5 Å². The number of nitrogens with zero attached hydrogens (tertiary/aromatic N) is 4. The Balaban J connectivity index is 1.30. The predicted molar refractivity (Wildman–Crippen MR) is 121 cm³/mol. The highest BCUT2D eigenvalue weighted by molar-refractivity contribution is 8.06.